The molecule has 0 bridgehead atoms. The molecule has 0 fully saturated rings. The van der Waals surface area contributed by atoms with E-state index in [2.05, 4.69) is 5.38 Å². The van der Waals surface area contributed by atoms with Crippen LogP contribution in [0.15, 0.2) is 35.7 Å². The van der Waals surface area contributed by atoms with Crippen LogP contribution in [-0.4, -0.2) is 5.11 Å². The number of thiophene rings is 1. The van der Waals surface area contributed by atoms with E-state index in [1.54, 1.807) is 11.3 Å². The van der Waals surface area contributed by atoms with E-state index >= 15 is 0 Å². The Bertz CT molecular complexity index is 450. The maximum absolute atomic E-state index is 8.96. The van der Waals surface area contributed by atoms with Crippen LogP contribution in [0.25, 0.3) is 0 Å². The first-order valence-corrected chi connectivity index (χ1v) is 5.96. The largest absolute Gasteiger partial charge is 0.391 e. The highest BCUT2D eigenvalue weighted by Gasteiger charge is 2.03. The lowest BCUT2D eigenvalue weighted by molar-refractivity contribution is 0.285. The molecule has 1 heterocycles. The van der Waals surface area contributed by atoms with Crippen LogP contribution in [0.2, 0.25) is 5.02 Å². The normalized spacial score (nSPS) is 10.5. The highest BCUT2D eigenvalue weighted by Crippen LogP contribution is 2.22. The number of hydrogen-bond acceptors (Lipinski definition) is 2. The van der Waals surface area contributed by atoms with Crippen LogP contribution in [-0.2, 0) is 13.0 Å². The highest BCUT2D eigenvalue weighted by molar-refractivity contribution is 7.10. The molecule has 0 atom stereocenters. The summed E-state index contributed by atoms with van der Waals surface area (Å²) < 4.78 is 0. The third-order valence-electron chi connectivity index (χ3n) is 2.22. The van der Waals surface area contributed by atoms with Crippen LogP contribution in [0, 0.1) is 0 Å². The third kappa shape index (κ3) is 2.59. The van der Waals surface area contributed by atoms with Gasteiger partial charge in [-0.1, -0.05) is 29.8 Å². The Morgan fingerprint density at radius 1 is 1.27 bits per heavy atom. The van der Waals surface area contributed by atoms with E-state index in [0.717, 1.165) is 21.9 Å². The van der Waals surface area contributed by atoms with Gasteiger partial charge in [0.05, 0.1) is 6.61 Å². The molecule has 0 aliphatic carbocycles. The van der Waals surface area contributed by atoms with Gasteiger partial charge in [0.25, 0.3) is 0 Å². The molecule has 3 heteroatoms. The van der Waals surface area contributed by atoms with Crippen molar-refractivity contribution in [2.45, 2.75) is 13.0 Å². The van der Waals surface area contributed by atoms with Crippen molar-refractivity contribution in [2.24, 2.45) is 0 Å². The molecule has 0 amide bonds. The van der Waals surface area contributed by atoms with Crippen molar-refractivity contribution in [3.63, 3.8) is 0 Å². The third-order valence-corrected chi connectivity index (χ3v) is 3.56. The molecule has 1 aromatic heterocycles. The number of aliphatic hydroxyl groups excluding tert-OH is 1. The van der Waals surface area contributed by atoms with Gasteiger partial charge in [-0.3, -0.25) is 0 Å². The van der Waals surface area contributed by atoms with Crippen molar-refractivity contribution in [2.75, 3.05) is 0 Å². The summed E-state index contributed by atoms with van der Waals surface area (Å²) in [5.41, 5.74) is 2.33. The topological polar surface area (TPSA) is 20.2 Å². The van der Waals surface area contributed by atoms with Gasteiger partial charge in [-0.25, -0.2) is 0 Å². The van der Waals surface area contributed by atoms with Crippen LogP contribution in [0.3, 0.4) is 0 Å². The maximum atomic E-state index is 8.96. The van der Waals surface area contributed by atoms with Gasteiger partial charge in [-0.15, -0.1) is 11.3 Å². The highest BCUT2D eigenvalue weighted by atomic mass is 35.5. The predicted molar refractivity (Wildman–Crippen MR) is 64.5 cm³/mol. The molecule has 1 aromatic carbocycles. The quantitative estimate of drug-likeness (QED) is 0.868. The minimum atomic E-state index is 0.118. The Balaban J connectivity index is 2.18. The molecule has 0 saturated carbocycles. The van der Waals surface area contributed by atoms with E-state index in [1.807, 2.05) is 30.3 Å². The molecule has 1 nitrogen and oxygen atoms in total. The number of rotatable bonds is 3. The number of halogens is 1. The minimum absolute atomic E-state index is 0.118. The fourth-order valence-corrected chi connectivity index (χ4v) is 2.41. The molecule has 0 aliphatic rings. The first kappa shape index (κ1) is 10.7. The molecule has 78 valence electrons. The molecular formula is C12H11ClOS. The smallest absolute Gasteiger partial charge is 0.0774 e. The van der Waals surface area contributed by atoms with Crippen molar-refractivity contribution in [1.29, 1.82) is 0 Å². The van der Waals surface area contributed by atoms with Gasteiger partial charge >= 0.3 is 0 Å². The van der Waals surface area contributed by atoms with Gasteiger partial charge in [0.2, 0.25) is 0 Å². The molecular weight excluding hydrogens is 228 g/mol. The zero-order valence-corrected chi connectivity index (χ0v) is 9.68. The van der Waals surface area contributed by atoms with Crippen molar-refractivity contribution in [1.82, 2.24) is 0 Å². The Hall–Kier alpha value is -0.830. The Kier molecular flexibility index (Phi) is 3.41. The summed E-state index contributed by atoms with van der Waals surface area (Å²) in [7, 11) is 0. The fraction of sp³-hybridized carbons (Fsp3) is 0.167. The van der Waals surface area contributed by atoms with Crippen LogP contribution >= 0.6 is 22.9 Å². The number of aliphatic hydroxyl groups is 1. The van der Waals surface area contributed by atoms with Gasteiger partial charge in [0.15, 0.2) is 0 Å². The molecule has 0 unspecified atom stereocenters. The fourth-order valence-electron chi connectivity index (χ4n) is 1.46. The zero-order valence-electron chi connectivity index (χ0n) is 8.11. The van der Waals surface area contributed by atoms with Crippen LogP contribution in [0.1, 0.15) is 16.0 Å². The van der Waals surface area contributed by atoms with E-state index in [9.17, 15) is 0 Å². The summed E-state index contributed by atoms with van der Waals surface area (Å²) in [6.07, 6.45) is 0.830. The standard InChI is InChI=1S/C12H11ClOS/c13-12-4-2-1-3-10(12)5-9-6-11(7-14)15-8-9/h1-4,6,8,14H,5,7H2. The van der Waals surface area contributed by atoms with Crippen molar-refractivity contribution >= 4 is 22.9 Å². The first-order chi connectivity index (χ1) is 7.29. The molecule has 1 N–H and O–H groups in total. The molecule has 2 aromatic rings. The maximum Gasteiger partial charge on any atom is 0.0774 e. The van der Waals surface area contributed by atoms with Crippen LogP contribution in [0.4, 0.5) is 0 Å². The lowest BCUT2D eigenvalue weighted by Gasteiger charge is -2.01. The molecule has 2 rings (SSSR count). The van der Waals surface area contributed by atoms with Gasteiger partial charge in [0, 0.05) is 9.90 Å². The summed E-state index contributed by atoms with van der Waals surface area (Å²) in [5, 5.41) is 11.8. The second-order valence-corrected chi connectivity index (χ2v) is 4.75. The second-order valence-electron chi connectivity index (χ2n) is 3.35. The van der Waals surface area contributed by atoms with Crippen LogP contribution < -0.4 is 0 Å². The molecule has 0 radical (unpaired) electrons. The van der Waals surface area contributed by atoms with Crippen molar-refractivity contribution < 1.29 is 5.11 Å². The Labute approximate surface area is 98.0 Å². The van der Waals surface area contributed by atoms with Crippen molar-refractivity contribution in [3.8, 4) is 0 Å². The number of hydrogen-bond donors (Lipinski definition) is 1. The summed E-state index contributed by atoms with van der Waals surface area (Å²) in [6.45, 7) is 0.118. The first-order valence-electron chi connectivity index (χ1n) is 4.70. The van der Waals surface area contributed by atoms with Crippen molar-refractivity contribution in [3.05, 3.63) is 56.7 Å². The molecule has 0 aliphatic heterocycles. The van der Waals surface area contributed by atoms with E-state index in [4.69, 9.17) is 16.7 Å². The van der Waals surface area contributed by atoms with Crippen LogP contribution in [0.5, 0.6) is 0 Å². The lowest BCUT2D eigenvalue weighted by atomic mass is 10.1. The average Bonchev–Trinajstić information content (AvgIpc) is 2.69. The summed E-state index contributed by atoms with van der Waals surface area (Å²) in [6, 6.07) is 9.86. The van der Waals surface area contributed by atoms with Gasteiger partial charge in [-0.2, -0.15) is 0 Å². The van der Waals surface area contributed by atoms with E-state index < -0.39 is 0 Å². The number of benzene rings is 1. The van der Waals surface area contributed by atoms with E-state index in [-0.39, 0.29) is 6.61 Å². The molecule has 15 heavy (non-hydrogen) atoms. The molecule has 0 spiro atoms. The molecule has 0 saturated heterocycles. The Morgan fingerprint density at radius 2 is 2.07 bits per heavy atom. The second kappa shape index (κ2) is 4.79. The van der Waals surface area contributed by atoms with Gasteiger partial charge < -0.3 is 5.11 Å². The summed E-state index contributed by atoms with van der Waals surface area (Å²) in [4.78, 5) is 0.997. The van der Waals surface area contributed by atoms with E-state index in [0.29, 0.717) is 0 Å². The monoisotopic (exact) mass is 238 g/mol. The summed E-state index contributed by atoms with van der Waals surface area (Å²) in [5.74, 6) is 0. The zero-order chi connectivity index (χ0) is 10.7. The SMILES string of the molecule is OCc1cc(Cc2ccccc2Cl)cs1. The minimum Gasteiger partial charge on any atom is -0.391 e. The van der Waals surface area contributed by atoms with Gasteiger partial charge in [0.1, 0.15) is 0 Å². The lowest BCUT2D eigenvalue weighted by Crippen LogP contribution is -1.86. The Morgan fingerprint density at radius 3 is 2.73 bits per heavy atom. The van der Waals surface area contributed by atoms with Gasteiger partial charge in [-0.05, 0) is 35.1 Å². The average molecular weight is 239 g/mol. The summed E-state index contributed by atoms with van der Waals surface area (Å²) >= 11 is 7.65. The predicted octanol–water partition coefficient (Wildman–Crippen LogP) is 3.48. The van der Waals surface area contributed by atoms with E-state index in [1.165, 1.54) is 5.56 Å².